The summed E-state index contributed by atoms with van der Waals surface area (Å²) in [5, 5.41) is 0. The van der Waals surface area contributed by atoms with Gasteiger partial charge in [0.05, 0.1) is 0 Å². The molecule has 4 N–H and O–H groups in total. The highest BCUT2D eigenvalue weighted by Crippen LogP contribution is 2.31. The molecule has 0 unspecified atom stereocenters. The van der Waals surface area contributed by atoms with Gasteiger partial charge in [0.25, 0.3) is 0 Å². The van der Waals surface area contributed by atoms with Crippen LogP contribution < -0.4 is 11.5 Å². The first-order valence-corrected chi connectivity index (χ1v) is 14.2. The van der Waals surface area contributed by atoms with E-state index in [1.165, 1.54) is 47.1 Å². The predicted octanol–water partition coefficient (Wildman–Crippen LogP) is 6.61. The van der Waals surface area contributed by atoms with E-state index in [-0.39, 0.29) is 12.6 Å². The van der Waals surface area contributed by atoms with E-state index in [2.05, 4.69) is 81.1 Å². The number of aryl methyl sites for hydroxylation is 2. The van der Waals surface area contributed by atoms with Crippen LogP contribution in [0.25, 0.3) is 22.3 Å². The number of benzene rings is 3. The summed E-state index contributed by atoms with van der Waals surface area (Å²) in [6, 6.07) is 22.2. The molecular weight excluding hydrogens is 482 g/mol. The Balaban J connectivity index is 1.88. The van der Waals surface area contributed by atoms with Crippen molar-refractivity contribution in [1.29, 1.82) is 0 Å². The van der Waals surface area contributed by atoms with Crippen LogP contribution in [0.1, 0.15) is 62.3 Å². The van der Waals surface area contributed by atoms with Crippen molar-refractivity contribution in [3.8, 4) is 22.3 Å². The van der Waals surface area contributed by atoms with Crippen LogP contribution >= 0.6 is 0 Å². The van der Waals surface area contributed by atoms with Crippen LogP contribution in [0.15, 0.2) is 72.8 Å². The van der Waals surface area contributed by atoms with Gasteiger partial charge in [0.15, 0.2) is 0 Å². The van der Waals surface area contributed by atoms with Crippen LogP contribution in [-0.2, 0) is 35.4 Å². The Bertz CT molecular complexity index is 1230. The maximum absolute atomic E-state index is 12.1. The summed E-state index contributed by atoms with van der Waals surface area (Å²) in [4.78, 5) is 14.1. The van der Waals surface area contributed by atoms with Crippen LogP contribution in [0.4, 0.5) is 0 Å². The van der Waals surface area contributed by atoms with Gasteiger partial charge in [-0.15, -0.1) is 0 Å². The zero-order valence-corrected chi connectivity index (χ0v) is 24.0. The van der Waals surface area contributed by atoms with Gasteiger partial charge >= 0.3 is 5.97 Å². The Hall–Kier alpha value is -3.25. The summed E-state index contributed by atoms with van der Waals surface area (Å²) in [7, 11) is 0. The van der Waals surface area contributed by atoms with Gasteiger partial charge in [-0.1, -0.05) is 87.9 Å². The van der Waals surface area contributed by atoms with Gasteiger partial charge in [-0.2, -0.15) is 0 Å². The van der Waals surface area contributed by atoms with Crippen LogP contribution in [0, 0.1) is 0 Å². The third-order valence-corrected chi connectivity index (χ3v) is 7.28. The van der Waals surface area contributed by atoms with Gasteiger partial charge in [-0.3, -0.25) is 4.90 Å². The quantitative estimate of drug-likeness (QED) is 0.101. The Kier molecular flexibility index (Phi) is 11.9. The topological polar surface area (TPSA) is 81.6 Å². The lowest BCUT2D eigenvalue weighted by molar-refractivity contribution is -0.140. The lowest BCUT2D eigenvalue weighted by Crippen LogP contribution is -2.36. The first-order chi connectivity index (χ1) is 18.9. The molecule has 3 rings (SSSR count). The smallest absolute Gasteiger partial charge is 0.333 e. The molecule has 5 nitrogen and oxygen atoms in total. The molecule has 5 heteroatoms. The van der Waals surface area contributed by atoms with Crippen LogP contribution in [0.5, 0.6) is 0 Å². The fraction of sp³-hybridized carbons (Fsp3) is 0.382. The Morgan fingerprint density at radius 1 is 0.821 bits per heavy atom. The highest BCUT2D eigenvalue weighted by molar-refractivity contribution is 5.87. The molecule has 0 heterocycles. The van der Waals surface area contributed by atoms with Gasteiger partial charge in [0, 0.05) is 25.5 Å². The molecule has 39 heavy (non-hydrogen) atoms. The molecule has 0 aromatic heterocycles. The molecule has 0 aliphatic carbocycles. The van der Waals surface area contributed by atoms with Gasteiger partial charge in [-0.05, 0) is 83.2 Å². The molecule has 0 amide bonds. The third-order valence-electron chi connectivity index (χ3n) is 7.28. The molecular formula is C34H45N3O2. The van der Waals surface area contributed by atoms with Crippen molar-refractivity contribution in [2.45, 2.75) is 65.9 Å². The summed E-state index contributed by atoms with van der Waals surface area (Å²) in [5.41, 5.74) is 21.6. The highest BCUT2D eigenvalue weighted by Gasteiger charge is 2.13. The SMILES string of the molecule is C=C(C)C(=O)OCc1cc(-c2ccc(-c3ccc(CCCCC)cc3)cc2CC)ccc1CCN(CN)CN. The van der Waals surface area contributed by atoms with Crippen LogP contribution in [0.2, 0.25) is 0 Å². The van der Waals surface area contributed by atoms with Crippen molar-refractivity contribution in [1.82, 2.24) is 4.90 Å². The second-order valence-electron chi connectivity index (χ2n) is 10.2. The van der Waals surface area contributed by atoms with E-state index in [4.69, 9.17) is 16.2 Å². The maximum Gasteiger partial charge on any atom is 0.333 e. The highest BCUT2D eigenvalue weighted by atomic mass is 16.5. The molecule has 0 aliphatic heterocycles. The molecule has 208 valence electrons. The zero-order chi connectivity index (χ0) is 28.2. The summed E-state index contributed by atoms with van der Waals surface area (Å²) < 4.78 is 5.55. The average Bonchev–Trinajstić information content (AvgIpc) is 2.96. The molecule has 3 aromatic carbocycles. The Labute approximate surface area is 234 Å². The normalized spacial score (nSPS) is 11.1. The molecule has 0 saturated carbocycles. The molecule has 0 radical (unpaired) electrons. The van der Waals surface area contributed by atoms with E-state index in [1.807, 2.05) is 4.90 Å². The van der Waals surface area contributed by atoms with Crippen molar-refractivity contribution in [2.75, 3.05) is 19.9 Å². The second-order valence-corrected chi connectivity index (χ2v) is 10.2. The number of hydrogen-bond donors (Lipinski definition) is 2. The van der Waals surface area contributed by atoms with Crippen molar-refractivity contribution >= 4 is 5.97 Å². The van der Waals surface area contributed by atoms with Crippen LogP contribution in [-0.4, -0.2) is 30.8 Å². The van der Waals surface area contributed by atoms with Crippen molar-refractivity contribution in [3.63, 3.8) is 0 Å². The summed E-state index contributed by atoms with van der Waals surface area (Å²) >= 11 is 0. The van der Waals surface area contributed by atoms with Crippen molar-refractivity contribution in [2.24, 2.45) is 11.5 Å². The fourth-order valence-electron chi connectivity index (χ4n) is 4.76. The zero-order valence-electron chi connectivity index (χ0n) is 24.0. The standard InChI is InChI=1S/C34H45N3O2/c1-5-7-8-9-26-10-12-28(13-11-26)30-16-17-33(27(6-2)20-30)31-15-14-29(18-19-37(23-35)24-36)32(21-31)22-39-34(38)25(3)4/h10-17,20-21H,3,5-9,18-19,22-24,35-36H2,1-2,4H3. The molecule has 0 atom stereocenters. The van der Waals surface area contributed by atoms with Crippen LogP contribution in [0.3, 0.4) is 0 Å². The molecule has 0 bridgehead atoms. The average molecular weight is 528 g/mol. The molecule has 0 spiro atoms. The number of unbranched alkanes of at least 4 members (excludes halogenated alkanes) is 2. The Morgan fingerprint density at radius 3 is 2.13 bits per heavy atom. The van der Waals surface area contributed by atoms with Gasteiger partial charge in [-0.25, -0.2) is 4.79 Å². The van der Waals surface area contributed by atoms with Crippen molar-refractivity contribution in [3.05, 3.63) is 95.1 Å². The number of carbonyl (C=O) groups is 1. The van der Waals surface area contributed by atoms with Gasteiger partial charge in [0.2, 0.25) is 0 Å². The first-order valence-electron chi connectivity index (χ1n) is 14.2. The van der Waals surface area contributed by atoms with E-state index in [9.17, 15) is 4.79 Å². The van der Waals surface area contributed by atoms with E-state index in [1.54, 1.807) is 6.92 Å². The molecule has 0 saturated heterocycles. The number of carbonyl (C=O) groups excluding carboxylic acids is 1. The third kappa shape index (κ3) is 8.62. The minimum atomic E-state index is -0.383. The predicted molar refractivity (Wildman–Crippen MR) is 163 cm³/mol. The van der Waals surface area contributed by atoms with E-state index in [0.29, 0.717) is 18.9 Å². The van der Waals surface area contributed by atoms with Gasteiger partial charge in [0.1, 0.15) is 6.61 Å². The fourth-order valence-corrected chi connectivity index (χ4v) is 4.76. The van der Waals surface area contributed by atoms with E-state index >= 15 is 0 Å². The minimum absolute atomic E-state index is 0.199. The number of nitrogens with two attached hydrogens (primary N) is 2. The second kappa shape index (κ2) is 15.4. The minimum Gasteiger partial charge on any atom is -0.457 e. The number of hydrogen-bond acceptors (Lipinski definition) is 5. The number of esters is 1. The number of ether oxygens (including phenoxy) is 1. The van der Waals surface area contributed by atoms with Gasteiger partial charge < -0.3 is 16.2 Å². The lowest BCUT2D eigenvalue weighted by atomic mass is 9.91. The monoisotopic (exact) mass is 527 g/mol. The van der Waals surface area contributed by atoms with E-state index < -0.39 is 0 Å². The largest absolute Gasteiger partial charge is 0.457 e. The summed E-state index contributed by atoms with van der Waals surface area (Å²) in [6.07, 6.45) is 6.60. The van der Waals surface area contributed by atoms with E-state index in [0.717, 1.165) is 42.5 Å². The summed E-state index contributed by atoms with van der Waals surface area (Å²) in [6.45, 7) is 11.5. The lowest BCUT2D eigenvalue weighted by Gasteiger charge is -2.19. The first kappa shape index (κ1) is 30.3. The number of rotatable bonds is 15. The number of nitrogens with zero attached hydrogens (tertiary/aromatic N) is 1. The molecule has 0 fully saturated rings. The molecule has 3 aromatic rings. The summed E-state index contributed by atoms with van der Waals surface area (Å²) in [5.74, 6) is -0.383. The Morgan fingerprint density at radius 2 is 1.49 bits per heavy atom. The van der Waals surface area contributed by atoms with Crippen molar-refractivity contribution < 1.29 is 9.53 Å². The molecule has 0 aliphatic rings. The maximum atomic E-state index is 12.1.